The number of aryl methyl sites for hydroxylation is 1. The molecule has 0 aliphatic carbocycles. The van der Waals surface area contributed by atoms with Crippen molar-refractivity contribution in [1.29, 1.82) is 0 Å². The molecule has 2 aromatic carbocycles. The first-order chi connectivity index (χ1) is 13.3. The molecule has 0 spiro atoms. The molecular formula is C19H18N2O7. The molecule has 0 aromatic heterocycles. The summed E-state index contributed by atoms with van der Waals surface area (Å²) in [6.45, 7) is 2.93. The van der Waals surface area contributed by atoms with Gasteiger partial charge in [0.2, 0.25) is 0 Å². The second kappa shape index (κ2) is 9.26. The average Bonchev–Trinajstić information content (AvgIpc) is 2.67. The van der Waals surface area contributed by atoms with Crippen LogP contribution in [0.15, 0.2) is 42.5 Å². The summed E-state index contributed by atoms with van der Waals surface area (Å²) in [4.78, 5) is 45.8. The van der Waals surface area contributed by atoms with Crippen LogP contribution in [0.3, 0.4) is 0 Å². The molecule has 0 atom stereocenters. The minimum Gasteiger partial charge on any atom is -0.462 e. The molecule has 9 heteroatoms. The molecule has 0 unspecified atom stereocenters. The van der Waals surface area contributed by atoms with E-state index in [-0.39, 0.29) is 17.9 Å². The Morgan fingerprint density at radius 2 is 1.61 bits per heavy atom. The van der Waals surface area contributed by atoms with Gasteiger partial charge in [-0.1, -0.05) is 6.07 Å². The molecular weight excluding hydrogens is 368 g/mol. The van der Waals surface area contributed by atoms with Gasteiger partial charge in [-0.25, -0.2) is 9.59 Å². The molecule has 146 valence electrons. The van der Waals surface area contributed by atoms with Gasteiger partial charge < -0.3 is 14.8 Å². The number of rotatable bonds is 7. The smallest absolute Gasteiger partial charge is 0.338 e. The number of anilines is 1. The van der Waals surface area contributed by atoms with Gasteiger partial charge in [-0.2, -0.15) is 0 Å². The van der Waals surface area contributed by atoms with E-state index in [0.717, 1.165) is 6.07 Å². The highest BCUT2D eigenvalue weighted by Crippen LogP contribution is 2.19. The van der Waals surface area contributed by atoms with Crippen LogP contribution in [-0.4, -0.2) is 36.0 Å². The van der Waals surface area contributed by atoms with Crippen LogP contribution in [0.5, 0.6) is 0 Å². The fourth-order valence-electron chi connectivity index (χ4n) is 2.25. The molecule has 2 rings (SSSR count). The zero-order chi connectivity index (χ0) is 20.7. The van der Waals surface area contributed by atoms with E-state index < -0.39 is 29.4 Å². The summed E-state index contributed by atoms with van der Waals surface area (Å²) >= 11 is 0. The summed E-state index contributed by atoms with van der Waals surface area (Å²) in [6, 6.07) is 9.92. The molecule has 0 saturated carbocycles. The van der Waals surface area contributed by atoms with E-state index in [1.807, 2.05) is 0 Å². The Morgan fingerprint density at radius 3 is 2.21 bits per heavy atom. The maximum absolute atomic E-state index is 12.0. The van der Waals surface area contributed by atoms with Gasteiger partial charge >= 0.3 is 11.9 Å². The lowest BCUT2D eigenvalue weighted by molar-refractivity contribution is -0.385. The minimum atomic E-state index is -0.851. The Kier molecular flexibility index (Phi) is 6.80. The molecule has 1 amide bonds. The summed E-state index contributed by atoms with van der Waals surface area (Å²) in [7, 11) is 0. The first kappa shape index (κ1) is 20.6. The highest BCUT2D eigenvalue weighted by Gasteiger charge is 2.17. The lowest BCUT2D eigenvalue weighted by atomic mass is 10.1. The summed E-state index contributed by atoms with van der Waals surface area (Å²) in [5.74, 6) is -1.92. The van der Waals surface area contributed by atoms with E-state index in [1.54, 1.807) is 13.8 Å². The molecule has 0 heterocycles. The molecule has 0 bridgehead atoms. The number of amides is 1. The Bertz CT molecular complexity index is 907. The van der Waals surface area contributed by atoms with E-state index >= 15 is 0 Å². The normalized spacial score (nSPS) is 10.1. The van der Waals surface area contributed by atoms with Gasteiger partial charge in [0.1, 0.15) is 0 Å². The second-order valence-electron chi connectivity index (χ2n) is 5.68. The minimum absolute atomic E-state index is 0.0242. The SMILES string of the molecule is CCOC(=O)c1ccc(NC(=O)COC(=O)c2ccc(C)c([N+](=O)[O-])c2)cc1. The Labute approximate surface area is 160 Å². The van der Waals surface area contributed by atoms with Gasteiger partial charge in [-0.3, -0.25) is 14.9 Å². The topological polar surface area (TPSA) is 125 Å². The van der Waals surface area contributed by atoms with Gasteiger partial charge in [0.15, 0.2) is 6.61 Å². The lowest BCUT2D eigenvalue weighted by Gasteiger charge is -2.08. The predicted octanol–water partition coefficient (Wildman–Crippen LogP) is 2.88. The van der Waals surface area contributed by atoms with Crippen molar-refractivity contribution in [2.75, 3.05) is 18.5 Å². The summed E-state index contributed by atoms with van der Waals surface area (Å²) in [5, 5.41) is 13.4. The van der Waals surface area contributed by atoms with E-state index in [4.69, 9.17) is 9.47 Å². The van der Waals surface area contributed by atoms with Gasteiger partial charge in [-0.15, -0.1) is 0 Å². The molecule has 1 N–H and O–H groups in total. The quantitative estimate of drug-likeness (QED) is 0.440. The summed E-state index contributed by atoms with van der Waals surface area (Å²) in [6.07, 6.45) is 0. The third-order valence-corrected chi connectivity index (χ3v) is 3.66. The number of carbonyl (C=O) groups excluding carboxylic acids is 3. The monoisotopic (exact) mass is 386 g/mol. The molecule has 0 radical (unpaired) electrons. The third kappa shape index (κ3) is 5.37. The maximum atomic E-state index is 12.0. The van der Waals surface area contributed by atoms with Crippen molar-refractivity contribution in [2.24, 2.45) is 0 Å². The van der Waals surface area contributed by atoms with Crippen LogP contribution in [0.4, 0.5) is 11.4 Å². The third-order valence-electron chi connectivity index (χ3n) is 3.66. The van der Waals surface area contributed by atoms with Crippen molar-refractivity contribution in [2.45, 2.75) is 13.8 Å². The largest absolute Gasteiger partial charge is 0.462 e. The predicted molar refractivity (Wildman–Crippen MR) is 99.1 cm³/mol. The molecule has 0 fully saturated rings. The first-order valence-electron chi connectivity index (χ1n) is 8.31. The van der Waals surface area contributed by atoms with Crippen LogP contribution in [0.25, 0.3) is 0 Å². The van der Waals surface area contributed by atoms with Gasteiger partial charge in [0, 0.05) is 17.3 Å². The van der Waals surface area contributed by atoms with Gasteiger partial charge in [0.25, 0.3) is 11.6 Å². The van der Waals surface area contributed by atoms with Gasteiger partial charge in [-0.05, 0) is 44.2 Å². The Morgan fingerprint density at radius 1 is 1.00 bits per heavy atom. The van der Waals surface area contributed by atoms with Gasteiger partial charge in [0.05, 0.1) is 22.7 Å². The van der Waals surface area contributed by atoms with E-state index in [9.17, 15) is 24.5 Å². The Balaban J connectivity index is 1.92. The molecule has 0 aliphatic heterocycles. The standard InChI is InChI=1S/C19H18N2O7/c1-3-27-18(23)13-6-8-15(9-7-13)20-17(22)11-28-19(24)14-5-4-12(2)16(10-14)21(25)26/h4-10H,3,11H2,1-2H3,(H,20,22). The number of hydrogen-bond donors (Lipinski definition) is 1. The number of nitro groups is 1. The number of nitrogens with zero attached hydrogens (tertiary/aromatic N) is 1. The second-order valence-corrected chi connectivity index (χ2v) is 5.68. The fraction of sp³-hybridized carbons (Fsp3) is 0.211. The van der Waals surface area contributed by atoms with Crippen molar-refractivity contribution in [3.8, 4) is 0 Å². The summed E-state index contributed by atoms with van der Waals surface area (Å²) < 4.78 is 9.74. The molecule has 0 saturated heterocycles. The summed E-state index contributed by atoms with van der Waals surface area (Å²) in [5.41, 5.74) is 0.919. The van der Waals surface area contributed by atoms with Crippen LogP contribution in [0, 0.1) is 17.0 Å². The van der Waals surface area contributed by atoms with Crippen molar-refractivity contribution < 1.29 is 28.8 Å². The fourth-order valence-corrected chi connectivity index (χ4v) is 2.25. The number of nitrogens with one attached hydrogen (secondary N) is 1. The Hall–Kier alpha value is -3.75. The van der Waals surface area contributed by atoms with Crippen molar-refractivity contribution >= 4 is 29.2 Å². The molecule has 0 aliphatic rings. The van der Waals surface area contributed by atoms with Crippen LogP contribution < -0.4 is 5.32 Å². The van der Waals surface area contributed by atoms with Crippen LogP contribution in [0.1, 0.15) is 33.2 Å². The molecule has 2 aromatic rings. The van der Waals surface area contributed by atoms with E-state index in [2.05, 4.69) is 5.32 Å². The highest BCUT2D eigenvalue weighted by molar-refractivity contribution is 5.96. The number of benzene rings is 2. The number of nitro benzene ring substituents is 1. The van der Waals surface area contributed by atoms with Crippen LogP contribution in [0.2, 0.25) is 0 Å². The van der Waals surface area contributed by atoms with Crippen LogP contribution in [-0.2, 0) is 14.3 Å². The van der Waals surface area contributed by atoms with Crippen molar-refractivity contribution in [1.82, 2.24) is 0 Å². The number of ether oxygens (including phenoxy) is 2. The highest BCUT2D eigenvalue weighted by atomic mass is 16.6. The van der Waals surface area contributed by atoms with E-state index in [1.165, 1.54) is 36.4 Å². The molecule has 9 nitrogen and oxygen atoms in total. The number of carbonyl (C=O) groups is 3. The maximum Gasteiger partial charge on any atom is 0.338 e. The van der Waals surface area contributed by atoms with Crippen molar-refractivity contribution in [3.05, 3.63) is 69.3 Å². The lowest BCUT2D eigenvalue weighted by Crippen LogP contribution is -2.21. The number of hydrogen-bond acceptors (Lipinski definition) is 7. The first-order valence-corrected chi connectivity index (χ1v) is 8.31. The van der Waals surface area contributed by atoms with E-state index in [0.29, 0.717) is 16.8 Å². The average molecular weight is 386 g/mol. The number of esters is 2. The zero-order valence-corrected chi connectivity index (χ0v) is 15.3. The molecule has 28 heavy (non-hydrogen) atoms. The van der Waals surface area contributed by atoms with Crippen molar-refractivity contribution in [3.63, 3.8) is 0 Å². The van der Waals surface area contributed by atoms with Crippen LogP contribution >= 0.6 is 0 Å². The zero-order valence-electron chi connectivity index (χ0n) is 15.3.